The van der Waals surface area contributed by atoms with Crippen molar-refractivity contribution in [2.75, 3.05) is 17.7 Å². The van der Waals surface area contributed by atoms with E-state index in [4.69, 9.17) is 15.0 Å². The second kappa shape index (κ2) is 6.04. The molecule has 0 atom stereocenters. The van der Waals surface area contributed by atoms with E-state index in [2.05, 4.69) is 10.5 Å². The zero-order chi connectivity index (χ0) is 15.4. The molecule has 0 radical (unpaired) electrons. The minimum absolute atomic E-state index is 0.0125. The van der Waals surface area contributed by atoms with Crippen molar-refractivity contribution in [3.05, 3.63) is 41.4 Å². The number of anilines is 2. The van der Waals surface area contributed by atoms with Crippen molar-refractivity contribution >= 4 is 23.4 Å². The van der Waals surface area contributed by atoms with Crippen LogP contribution in [0, 0.1) is 12.7 Å². The number of aryl methyl sites for hydroxylation is 1. The van der Waals surface area contributed by atoms with Crippen molar-refractivity contribution in [2.24, 2.45) is 0 Å². The lowest BCUT2D eigenvalue weighted by Gasteiger charge is -2.06. The molecule has 21 heavy (non-hydrogen) atoms. The topological polar surface area (TPSA) is 107 Å². The summed E-state index contributed by atoms with van der Waals surface area (Å²) in [4.78, 5) is 23.2. The first-order valence-corrected chi connectivity index (χ1v) is 5.91. The number of nitrogens with zero attached hydrogens (tertiary/aromatic N) is 1. The van der Waals surface area contributed by atoms with Gasteiger partial charge in [-0.3, -0.25) is 4.79 Å². The third-order valence-corrected chi connectivity index (χ3v) is 2.46. The highest BCUT2D eigenvalue weighted by molar-refractivity contribution is 5.97. The lowest BCUT2D eigenvalue weighted by molar-refractivity contribution is -0.119. The predicted molar refractivity (Wildman–Crippen MR) is 71.0 cm³/mol. The number of nitrogens with two attached hydrogens (primary N) is 1. The number of aromatic nitrogens is 1. The van der Waals surface area contributed by atoms with Crippen LogP contribution in [0.25, 0.3) is 0 Å². The maximum atomic E-state index is 12.9. The number of halogens is 1. The van der Waals surface area contributed by atoms with Gasteiger partial charge in [0.25, 0.3) is 5.91 Å². The fraction of sp³-hybridized carbons (Fsp3) is 0.154. The molecule has 1 aromatic heterocycles. The molecule has 1 aromatic carbocycles. The first kappa shape index (κ1) is 14.5. The number of hydrogen-bond donors (Lipinski definition) is 2. The lowest BCUT2D eigenvalue weighted by Crippen LogP contribution is -2.21. The number of nitrogen functional groups attached to an aromatic ring is 1. The van der Waals surface area contributed by atoms with Gasteiger partial charge < -0.3 is 20.3 Å². The second-order valence-corrected chi connectivity index (χ2v) is 4.18. The molecule has 0 aliphatic rings. The molecule has 8 heteroatoms. The van der Waals surface area contributed by atoms with E-state index in [0.29, 0.717) is 5.76 Å². The molecule has 0 aliphatic carbocycles. The average Bonchev–Trinajstić information content (AvgIpc) is 2.81. The van der Waals surface area contributed by atoms with Gasteiger partial charge in [-0.2, -0.15) is 0 Å². The number of benzene rings is 1. The quantitative estimate of drug-likeness (QED) is 0.653. The molecule has 2 rings (SSSR count). The maximum Gasteiger partial charge on any atom is 0.340 e. The summed E-state index contributed by atoms with van der Waals surface area (Å²) in [6.45, 7) is 1.14. The summed E-state index contributed by atoms with van der Waals surface area (Å²) >= 11 is 0. The summed E-state index contributed by atoms with van der Waals surface area (Å²) in [7, 11) is 0. The Kier molecular flexibility index (Phi) is 4.17. The standard InChI is InChI=1S/C13H12FN3O4/c1-7-4-11(17-21-7)16-12(18)6-20-13(19)9-3-2-8(14)5-10(9)15/h2-5H,6,15H2,1H3,(H,16,17,18). The summed E-state index contributed by atoms with van der Waals surface area (Å²) in [5.74, 6) is -1.23. The Hall–Kier alpha value is -2.90. The van der Waals surface area contributed by atoms with Gasteiger partial charge in [0, 0.05) is 11.8 Å². The van der Waals surface area contributed by atoms with Crippen molar-refractivity contribution < 1.29 is 23.2 Å². The highest BCUT2D eigenvalue weighted by Crippen LogP contribution is 2.14. The van der Waals surface area contributed by atoms with E-state index in [1.165, 1.54) is 12.1 Å². The molecule has 1 heterocycles. The van der Waals surface area contributed by atoms with Crippen LogP contribution in [-0.4, -0.2) is 23.6 Å². The zero-order valence-corrected chi connectivity index (χ0v) is 11.1. The SMILES string of the molecule is Cc1cc(NC(=O)COC(=O)c2ccc(F)cc2N)no1. The van der Waals surface area contributed by atoms with Crippen LogP contribution in [0.3, 0.4) is 0 Å². The molecule has 0 spiro atoms. The number of carbonyl (C=O) groups is 2. The number of hydrogen-bond acceptors (Lipinski definition) is 6. The number of rotatable bonds is 4. The smallest absolute Gasteiger partial charge is 0.340 e. The highest BCUT2D eigenvalue weighted by atomic mass is 19.1. The molecular weight excluding hydrogens is 281 g/mol. The first-order valence-electron chi connectivity index (χ1n) is 5.91. The third-order valence-electron chi connectivity index (χ3n) is 2.46. The molecule has 7 nitrogen and oxygen atoms in total. The highest BCUT2D eigenvalue weighted by Gasteiger charge is 2.14. The Labute approximate surface area is 118 Å². The van der Waals surface area contributed by atoms with Gasteiger partial charge in [-0.05, 0) is 25.1 Å². The van der Waals surface area contributed by atoms with Crippen molar-refractivity contribution in [2.45, 2.75) is 6.92 Å². The van der Waals surface area contributed by atoms with Gasteiger partial charge in [-0.25, -0.2) is 9.18 Å². The van der Waals surface area contributed by atoms with E-state index in [0.717, 1.165) is 12.1 Å². The summed E-state index contributed by atoms with van der Waals surface area (Å²) in [5.41, 5.74) is 5.42. The minimum Gasteiger partial charge on any atom is -0.452 e. The summed E-state index contributed by atoms with van der Waals surface area (Å²) in [5, 5.41) is 5.94. The number of ether oxygens (including phenoxy) is 1. The van der Waals surface area contributed by atoms with Crippen LogP contribution >= 0.6 is 0 Å². The van der Waals surface area contributed by atoms with E-state index >= 15 is 0 Å². The van der Waals surface area contributed by atoms with Gasteiger partial charge in [0.1, 0.15) is 11.6 Å². The van der Waals surface area contributed by atoms with Crippen LogP contribution in [0.1, 0.15) is 16.1 Å². The van der Waals surface area contributed by atoms with Crippen molar-refractivity contribution in [3.8, 4) is 0 Å². The van der Waals surface area contributed by atoms with Gasteiger partial charge in [0.15, 0.2) is 12.4 Å². The predicted octanol–water partition coefficient (Wildman–Crippen LogP) is 1.50. The van der Waals surface area contributed by atoms with Crippen molar-refractivity contribution in [3.63, 3.8) is 0 Å². The molecule has 2 aromatic rings. The van der Waals surface area contributed by atoms with Gasteiger partial charge in [-0.1, -0.05) is 5.16 Å². The van der Waals surface area contributed by atoms with Crippen molar-refractivity contribution in [1.82, 2.24) is 5.16 Å². The Morgan fingerprint density at radius 1 is 1.43 bits per heavy atom. The molecule has 3 N–H and O–H groups in total. The first-order chi connectivity index (χ1) is 9.95. The summed E-state index contributed by atoms with van der Waals surface area (Å²) in [6.07, 6.45) is 0. The molecular formula is C13H12FN3O4. The van der Waals surface area contributed by atoms with E-state index in [-0.39, 0.29) is 17.1 Å². The van der Waals surface area contributed by atoms with Gasteiger partial charge in [-0.15, -0.1) is 0 Å². The van der Waals surface area contributed by atoms with E-state index in [9.17, 15) is 14.0 Å². The summed E-state index contributed by atoms with van der Waals surface area (Å²) in [6, 6.07) is 4.77. The molecule has 0 aliphatic heterocycles. The molecule has 0 saturated heterocycles. The number of esters is 1. The largest absolute Gasteiger partial charge is 0.452 e. The van der Waals surface area contributed by atoms with Crippen LogP contribution in [-0.2, 0) is 9.53 Å². The molecule has 0 fully saturated rings. The van der Waals surface area contributed by atoms with Crippen LogP contribution in [0.2, 0.25) is 0 Å². The zero-order valence-electron chi connectivity index (χ0n) is 11.1. The number of nitrogens with one attached hydrogen (secondary N) is 1. The van der Waals surface area contributed by atoms with Crippen LogP contribution in [0.15, 0.2) is 28.8 Å². The van der Waals surface area contributed by atoms with Crippen LogP contribution in [0.5, 0.6) is 0 Å². The third kappa shape index (κ3) is 3.78. The van der Waals surface area contributed by atoms with Gasteiger partial charge in [0.05, 0.1) is 5.56 Å². The number of amides is 1. The Morgan fingerprint density at radius 3 is 2.81 bits per heavy atom. The van der Waals surface area contributed by atoms with Crippen LogP contribution in [0.4, 0.5) is 15.9 Å². The lowest BCUT2D eigenvalue weighted by atomic mass is 10.2. The fourth-order valence-corrected chi connectivity index (χ4v) is 1.53. The van der Waals surface area contributed by atoms with Gasteiger partial charge >= 0.3 is 5.97 Å². The normalized spacial score (nSPS) is 10.2. The fourth-order valence-electron chi connectivity index (χ4n) is 1.53. The second-order valence-electron chi connectivity index (χ2n) is 4.18. The van der Waals surface area contributed by atoms with E-state index < -0.39 is 24.3 Å². The van der Waals surface area contributed by atoms with E-state index in [1.54, 1.807) is 6.92 Å². The average molecular weight is 293 g/mol. The van der Waals surface area contributed by atoms with Crippen molar-refractivity contribution in [1.29, 1.82) is 0 Å². The van der Waals surface area contributed by atoms with Crippen LogP contribution < -0.4 is 11.1 Å². The molecule has 0 unspecified atom stereocenters. The Balaban J connectivity index is 1.90. The molecule has 0 bridgehead atoms. The monoisotopic (exact) mass is 293 g/mol. The number of carbonyl (C=O) groups excluding carboxylic acids is 2. The maximum absolute atomic E-state index is 12.9. The Bertz CT molecular complexity index is 684. The minimum atomic E-state index is -0.820. The van der Waals surface area contributed by atoms with E-state index in [1.807, 2.05) is 0 Å². The summed E-state index contributed by atoms with van der Waals surface area (Å²) < 4.78 is 22.4. The van der Waals surface area contributed by atoms with Gasteiger partial charge in [0.2, 0.25) is 0 Å². The molecule has 0 saturated carbocycles. The molecule has 110 valence electrons. The molecule has 1 amide bonds. The Morgan fingerprint density at radius 2 is 2.19 bits per heavy atom.